The van der Waals surface area contributed by atoms with Crippen LogP contribution in [-0.2, 0) is 27.4 Å². The van der Waals surface area contributed by atoms with Crippen LogP contribution in [0.4, 0.5) is 0 Å². The summed E-state index contributed by atoms with van der Waals surface area (Å²) in [5, 5.41) is 11.8. The van der Waals surface area contributed by atoms with Crippen molar-refractivity contribution in [2.75, 3.05) is 39.4 Å². The third-order valence-corrected chi connectivity index (χ3v) is 5.20. The maximum atomic E-state index is 12.8. The van der Waals surface area contributed by atoms with E-state index in [4.69, 9.17) is 4.74 Å². The van der Waals surface area contributed by atoms with E-state index < -0.39 is 0 Å². The molecule has 3 heterocycles. The molecule has 2 saturated heterocycles. The zero-order chi connectivity index (χ0) is 19.2. The second-order valence-electron chi connectivity index (χ2n) is 7.88. The molecule has 0 aromatic carbocycles. The Morgan fingerprint density at radius 3 is 2.74 bits per heavy atom. The van der Waals surface area contributed by atoms with Gasteiger partial charge in [-0.2, -0.15) is 0 Å². The molecule has 9 heteroatoms. The third kappa shape index (κ3) is 5.55. The molecule has 1 amide bonds. The SMILES string of the molecule is CC(C)CC(=O)[C@@H]1CCCN(C(=O)Cn2nnnc2CN2CCOCC2)C1. The molecule has 150 valence electrons. The molecule has 0 N–H and O–H groups in total. The predicted molar refractivity (Wildman–Crippen MR) is 97.7 cm³/mol. The van der Waals surface area contributed by atoms with Crippen LogP contribution in [-0.4, -0.2) is 81.1 Å². The summed E-state index contributed by atoms with van der Waals surface area (Å²) in [5.41, 5.74) is 0. The van der Waals surface area contributed by atoms with Crippen LogP contribution in [0.25, 0.3) is 0 Å². The molecule has 0 spiro atoms. The van der Waals surface area contributed by atoms with Crippen molar-refractivity contribution in [1.29, 1.82) is 0 Å². The molecule has 0 saturated carbocycles. The number of hydrogen-bond acceptors (Lipinski definition) is 7. The van der Waals surface area contributed by atoms with E-state index in [0.717, 1.165) is 25.9 Å². The number of morpholine rings is 1. The van der Waals surface area contributed by atoms with E-state index >= 15 is 0 Å². The van der Waals surface area contributed by atoms with Gasteiger partial charge in [0, 0.05) is 38.5 Å². The summed E-state index contributed by atoms with van der Waals surface area (Å²) in [5.74, 6) is 1.26. The molecule has 2 fully saturated rings. The number of carbonyl (C=O) groups is 2. The maximum Gasteiger partial charge on any atom is 0.244 e. The Bertz CT molecular complexity index is 641. The molecule has 0 radical (unpaired) electrons. The number of ether oxygens (including phenoxy) is 1. The molecule has 3 rings (SSSR count). The van der Waals surface area contributed by atoms with Gasteiger partial charge in [-0.1, -0.05) is 13.8 Å². The van der Waals surface area contributed by atoms with Gasteiger partial charge in [0.05, 0.1) is 19.8 Å². The molecule has 0 unspecified atom stereocenters. The Morgan fingerprint density at radius 1 is 1.22 bits per heavy atom. The Hall–Kier alpha value is -1.87. The van der Waals surface area contributed by atoms with Gasteiger partial charge in [-0.25, -0.2) is 4.68 Å². The molecule has 9 nitrogen and oxygen atoms in total. The van der Waals surface area contributed by atoms with Gasteiger partial charge in [-0.05, 0) is 29.2 Å². The fourth-order valence-electron chi connectivity index (χ4n) is 3.68. The summed E-state index contributed by atoms with van der Waals surface area (Å²) < 4.78 is 6.94. The van der Waals surface area contributed by atoms with Gasteiger partial charge < -0.3 is 9.64 Å². The molecule has 2 aliphatic heterocycles. The van der Waals surface area contributed by atoms with Crippen molar-refractivity contribution in [3.05, 3.63) is 5.82 Å². The number of likely N-dealkylation sites (tertiary alicyclic amines) is 1. The number of rotatable bonds is 7. The number of hydrogen-bond donors (Lipinski definition) is 0. The maximum absolute atomic E-state index is 12.8. The highest BCUT2D eigenvalue weighted by Gasteiger charge is 2.29. The lowest BCUT2D eigenvalue weighted by molar-refractivity contribution is -0.136. The highest BCUT2D eigenvalue weighted by Crippen LogP contribution is 2.21. The van der Waals surface area contributed by atoms with E-state index in [1.54, 1.807) is 9.58 Å². The molecular formula is C18H30N6O3. The van der Waals surface area contributed by atoms with Crippen molar-refractivity contribution in [2.45, 2.75) is 46.2 Å². The van der Waals surface area contributed by atoms with Crippen LogP contribution in [0.5, 0.6) is 0 Å². The average molecular weight is 378 g/mol. The highest BCUT2D eigenvalue weighted by molar-refractivity contribution is 5.83. The van der Waals surface area contributed by atoms with Crippen LogP contribution in [0.1, 0.15) is 38.9 Å². The first-order valence-electron chi connectivity index (χ1n) is 9.88. The predicted octanol–water partition coefficient (Wildman–Crippen LogP) is 0.359. The van der Waals surface area contributed by atoms with E-state index in [1.807, 2.05) is 0 Å². The van der Waals surface area contributed by atoms with Crippen molar-refractivity contribution in [3.8, 4) is 0 Å². The summed E-state index contributed by atoms with van der Waals surface area (Å²) in [6.45, 7) is 9.15. The summed E-state index contributed by atoms with van der Waals surface area (Å²) >= 11 is 0. The summed E-state index contributed by atoms with van der Waals surface area (Å²) in [6, 6.07) is 0. The van der Waals surface area contributed by atoms with E-state index in [9.17, 15) is 9.59 Å². The normalized spacial score (nSPS) is 21.6. The van der Waals surface area contributed by atoms with Crippen LogP contribution >= 0.6 is 0 Å². The van der Waals surface area contributed by atoms with E-state index in [2.05, 4.69) is 34.3 Å². The van der Waals surface area contributed by atoms with Crippen molar-refractivity contribution >= 4 is 11.7 Å². The van der Waals surface area contributed by atoms with Gasteiger partial charge in [0.15, 0.2) is 5.82 Å². The Kier molecular flexibility index (Phi) is 6.89. The monoisotopic (exact) mass is 378 g/mol. The van der Waals surface area contributed by atoms with Gasteiger partial charge in [-0.3, -0.25) is 14.5 Å². The minimum Gasteiger partial charge on any atom is -0.379 e. The van der Waals surface area contributed by atoms with E-state index in [1.165, 1.54) is 0 Å². The van der Waals surface area contributed by atoms with Crippen molar-refractivity contribution < 1.29 is 14.3 Å². The molecular weight excluding hydrogens is 348 g/mol. The second kappa shape index (κ2) is 9.36. The highest BCUT2D eigenvalue weighted by atomic mass is 16.5. The van der Waals surface area contributed by atoms with Crippen molar-refractivity contribution in [3.63, 3.8) is 0 Å². The minimum absolute atomic E-state index is 0.0208. The van der Waals surface area contributed by atoms with Crippen molar-refractivity contribution in [2.24, 2.45) is 11.8 Å². The van der Waals surface area contributed by atoms with Gasteiger partial charge in [0.1, 0.15) is 12.3 Å². The Balaban J connectivity index is 1.55. The van der Waals surface area contributed by atoms with Gasteiger partial charge in [0.25, 0.3) is 0 Å². The van der Waals surface area contributed by atoms with Crippen LogP contribution in [0.3, 0.4) is 0 Å². The summed E-state index contributed by atoms with van der Waals surface area (Å²) in [7, 11) is 0. The lowest BCUT2D eigenvalue weighted by Crippen LogP contribution is -2.44. The Morgan fingerprint density at radius 2 is 2.00 bits per heavy atom. The molecule has 0 bridgehead atoms. The van der Waals surface area contributed by atoms with Gasteiger partial charge >= 0.3 is 0 Å². The first-order valence-corrected chi connectivity index (χ1v) is 9.88. The zero-order valence-corrected chi connectivity index (χ0v) is 16.3. The van der Waals surface area contributed by atoms with E-state index in [-0.39, 0.29) is 24.2 Å². The number of aromatic nitrogens is 4. The van der Waals surface area contributed by atoms with E-state index in [0.29, 0.717) is 51.0 Å². The minimum atomic E-state index is -0.0354. The van der Waals surface area contributed by atoms with Crippen LogP contribution in [0, 0.1) is 11.8 Å². The lowest BCUT2D eigenvalue weighted by Gasteiger charge is -2.32. The largest absolute Gasteiger partial charge is 0.379 e. The first-order chi connectivity index (χ1) is 13.0. The van der Waals surface area contributed by atoms with Gasteiger partial charge in [-0.15, -0.1) is 5.10 Å². The standard InChI is InChI=1S/C18H30N6O3/c1-14(2)10-16(25)15-4-3-5-23(11-15)18(26)13-24-17(19-20-21-24)12-22-6-8-27-9-7-22/h14-15H,3-13H2,1-2H3/t15-/m1/s1. The fraction of sp³-hybridized carbons (Fsp3) is 0.833. The molecule has 1 aromatic heterocycles. The first kappa shape index (κ1) is 19.9. The smallest absolute Gasteiger partial charge is 0.244 e. The summed E-state index contributed by atoms with van der Waals surface area (Å²) in [6.07, 6.45) is 2.34. The third-order valence-electron chi connectivity index (χ3n) is 5.20. The molecule has 1 aromatic rings. The second-order valence-corrected chi connectivity index (χ2v) is 7.88. The number of ketones is 1. The number of carbonyl (C=O) groups excluding carboxylic acids is 2. The number of nitrogens with zero attached hydrogens (tertiary/aromatic N) is 6. The number of Topliss-reactive ketones (excluding diaryl/α,β-unsaturated/α-hetero) is 1. The number of amides is 1. The topological polar surface area (TPSA) is 93.5 Å². The molecule has 2 aliphatic rings. The number of piperidine rings is 1. The molecule has 27 heavy (non-hydrogen) atoms. The number of tetrazole rings is 1. The van der Waals surface area contributed by atoms with Crippen LogP contribution in [0.15, 0.2) is 0 Å². The quantitative estimate of drug-likeness (QED) is 0.676. The lowest BCUT2D eigenvalue weighted by atomic mass is 9.89. The van der Waals surface area contributed by atoms with Crippen LogP contribution in [0.2, 0.25) is 0 Å². The fourth-order valence-corrected chi connectivity index (χ4v) is 3.68. The van der Waals surface area contributed by atoms with Crippen LogP contribution < -0.4 is 0 Å². The van der Waals surface area contributed by atoms with Crippen molar-refractivity contribution in [1.82, 2.24) is 30.0 Å². The zero-order valence-electron chi connectivity index (χ0n) is 16.3. The Labute approximate surface area is 160 Å². The van der Waals surface area contributed by atoms with Gasteiger partial charge in [0.2, 0.25) is 5.91 Å². The average Bonchev–Trinajstić information content (AvgIpc) is 3.08. The summed E-state index contributed by atoms with van der Waals surface area (Å²) in [4.78, 5) is 29.2. The molecule has 0 aliphatic carbocycles. The molecule has 1 atom stereocenters.